The average Bonchev–Trinajstić information content (AvgIpc) is 3.98. The molecule has 0 bridgehead atoms. The first kappa shape index (κ1) is 29.7. The Hall–Kier alpha value is -5.32. The van der Waals surface area contributed by atoms with Gasteiger partial charge in [0.05, 0.1) is 11.4 Å². The van der Waals surface area contributed by atoms with Gasteiger partial charge in [-0.15, -0.1) is 0 Å². The number of anilines is 2. The summed E-state index contributed by atoms with van der Waals surface area (Å²) in [5.41, 5.74) is 5.32. The van der Waals surface area contributed by atoms with E-state index in [4.69, 9.17) is 0 Å². The molecule has 230 valence electrons. The van der Waals surface area contributed by atoms with Crippen LogP contribution in [-0.4, -0.2) is 44.7 Å². The van der Waals surface area contributed by atoms with Crippen LogP contribution in [-0.2, 0) is 6.54 Å². The number of amides is 4. The largest absolute Gasteiger partial charge is 0.349 e. The van der Waals surface area contributed by atoms with Crippen LogP contribution >= 0.6 is 0 Å². The highest BCUT2D eigenvalue weighted by molar-refractivity contribution is 6.02. The number of nitrogens with one attached hydrogen (secondary N) is 4. The molecule has 45 heavy (non-hydrogen) atoms. The van der Waals surface area contributed by atoms with Crippen LogP contribution in [0.2, 0.25) is 0 Å². The molecule has 2 heterocycles. The molecule has 2 aliphatic carbocycles. The molecular formula is C34H35N7O4. The van der Waals surface area contributed by atoms with Gasteiger partial charge in [0.15, 0.2) is 0 Å². The quantitative estimate of drug-likeness (QED) is 0.210. The van der Waals surface area contributed by atoms with E-state index in [1.165, 1.54) is 4.68 Å². The molecule has 4 N–H and O–H groups in total. The highest BCUT2D eigenvalue weighted by atomic mass is 16.2. The van der Waals surface area contributed by atoms with Crippen molar-refractivity contribution in [2.75, 3.05) is 10.6 Å². The number of aryl methyl sites for hydroxylation is 3. The number of carbonyl (C=O) groups excluding carboxylic acids is 3. The monoisotopic (exact) mass is 605 g/mol. The lowest BCUT2D eigenvalue weighted by Gasteiger charge is -2.14. The Labute approximate surface area is 260 Å². The molecule has 11 heteroatoms. The van der Waals surface area contributed by atoms with E-state index < -0.39 is 11.6 Å². The third kappa shape index (κ3) is 6.93. The van der Waals surface area contributed by atoms with Crippen molar-refractivity contribution >= 4 is 29.2 Å². The fraction of sp³-hybridized carbons (Fsp3) is 0.294. The molecule has 2 saturated carbocycles. The molecule has 11 nitrogen and oxygen atoms in total. The van der Waals surface area contributed by atoms with Crippen LogP contribution < -0.4 is 26.8 Å². The minimum atomic E-state index is -0.559. The maximum Gasteiger partial charge on any atom is 0.323 e. The number of hydrogen-bond donors (Lipinski definition) is 4. The van der Waals surface area contributed by atoms with E-state index in [0.717, 1.165) is 42.4 Å². The van der Waals surface area contributed by atoms with E-state index in [1.54, 1.807) is 43.6 Å². The number of hydrogen-bond acceptors (Lipinski definition) is 6. The predicted molar refractivity (Wildman–Crippen MR) is 172 cm³/mol. The van der Waals surface area contributed by atoms with Gasteiger partial charge in [0, 0.05) is 47.7 Å². The lowest BCUT2D eigenvalue weighted by molar-refractivity contribution is 0.0950. The van der Waals surface area contributed by atoms with Gasteiger partial charge in [0.25, 0.3) is 17.4 Å². The number of nitrogens with zero attached hydrogens (tertiary/aromatic N) is 3. The second kappa shape index (κ2) is 12.4. The smallest absolute Gasteiger partial charge is 0.323 e. The number of pyridine rings is 1. The highest BCUT2D eigenvalue weighted by Gasteiger charge is 2.27. The second-order valence-electron chi connectivity index (χ2n) is 11.7. The van der Waals surface area contributed by atoms with Crippen molar-refractivity contribution in [3.05, 3.63) is 93.5 Å². The van der Waals surface area contributed by atoms with Crippen LogP contribution in [0, 0.1) is 13.8 Å². The van der Waals surface area contributed by atoms with Gasteiger partial charge in [-0.1, -0.05) is 18.2 Å². The molecule has 2 aromatic heterocycles. The summed E-state index contributed by atoms with van der Waals surface area (Å²) in [6.45, 7) is 5.78. The lowest BCUT2D eigenvalue weighted by Crippen LogP contribution is -2.30. The minimum Gasteiger partial charge on any atom is -0.349 e. The third-order valence-corrected chi connectivity index (χ3v) is 7.86. The first-order chi connectivity index (χ1) is 21.7. The molecule has 0 saturated heterocycles. The molecule has 2 fully saturated rings. The van der Waals surface area contributed by atoms with Crippen molar-refractivity contribution in [3.63, 3.8) is 0 Å². The van der Waals surface area contributed by atoms with Gasteiger partial charge in [0.2, 0.25) is 0 Å². The molecule has 2 aliphatic rings. The van der Waals surface area contributed by atoms with Gasteiger partial charge in [-0.3, -0.25) is 19.4 Å². The lowest BCUT2D eigenvalue weighted by atomic mass is 9.97. The number of carbonyl (C=O) groups is 3. The molecule has 0 spiro atoms. The van der Waals surface area contributed by atoms with Crippen molar-refractivity contribution in [1.29, 1.82) is 0 Å². The molecule has 4 amide bonds. The number of benzene rings is 2. The van der Waals surface area contributed by atoms with Gasteiger partial charge >= 0.3 is 6.03 Å². The maximum atomic E-state index is 13.1. The van der Waals surface area contributed by atoms with Crippen molar-refractivity contribution in [3.8, 4) is 22.4 Å². The summed E-state index contributed by atoms with van der Waals surface area (Å²) < 4.78 is 1.30. The van der Waals surface area contributed by atoms with E-state index >= 15 is 0 Å². The summed E-state index contributed by atoms with van der Waals surface area (Å²) in [6, 6.07) is 14.0. The molecule has 4 aromatic rings. The first-order valence-electron chi connectivity index (χ1n) is 15.2. The molecule has 6 rings (SSSR count). The van der Waals surface area contributed by atoms with E-state index in [1.807, 2.05) is 38.1 Å². The fourth-order valence-electron chi connectivity index (χ4n) is 5.06. The van der Waals surface area contributed by atoms with Crippen molar-refractivity contribution in [2.45, 2.75) is 65.1 Å². The Bertz CT molecular complexity index is 1810. The summed E-state index contributed by atoms with van der Waals surface area (Å²) in [4.78, 5) is 56.3. The van der Waals surface area contributed by atoms with Gasteiger partial charge < -0.3 is 21.3 Å². The van der Waals surface area contributed by atoms with Crippen LogP contribution in [0.25, 0.3) is 22.4 Å². The predicted octanol–water partition coefficient (Wildman–Crippen LogP) is 5.04. The first-order valence-corrected chi connectivity index (χ1v) is 15.2. The number of urea groups is 1. The minimum absolute atomic E-state index is 0.0758. The molecule has 0 unspecified atom stereocenters. The summed E-state index contributed by atoms with van der Waals surface area (Å²) >= 11 is 0. The van der Waals surface area contributed by atoms with Crippen LogP contribution in [0.5, 0.6) is 0 Å². The zero-order valence-corrected chi connectivity index (χ0v) is 25.4. The van der Waals surface area contributed by atoms with E-state index in [2.05, 4.69) is 31.3 Å². The van der Waals surface area contributed by atoms with Crippen LogP contribution in [0.15, 0.2) is 65.7 Å². The van der Waals surface area contributed by atoms with E-state index in [9.17, 15) is 19.2 Å². The average molecular weight is 606 g/mol. The number of rotatable bonds is 9. The Kier molecular flexibility index (Phi) is 8.16. The van der Waals surface area contributed by atoms with Gasteiger partial charge in [-0.05, 0) is 99.0 Å². The topological polar surface area (TPSA) is 147 Å². The van der Waals surface area contributed by atoms with Crippen LogP contribution in [0.3, 0.4) is 0 Å². The fourth-order valence-corrected chi connectivity index (χ4v) is 5.06. The Morgan fingerprint density at radius 1 is 0.800 bits per heavy atom. The number of aromatic nitrogens is 3. The van der Waals surface area contributed by atoms with Gasteiger partial charge in [-0.25, -0.2) is 9.48 Å². The summed E-state index contributed by atoms with van der Waals surface area (Å²) in [7, 11) is 0. The van der Waals surface area contributed by atoms with Gasteiger partial charge in [-0.2, -0.15) is 5.10 Å². The zero-order valence-electron chi connectivity index (χ0n) is 25.4. The summed E-state index contributed by atoms with van der Waals surface area (Å²) in [6.07, 6.45) is 7.13. The summed E-state index contributed by atoms with van der Waals surface area (Å²) in [5, 5.41) is 16.1. The standard InChI is InChI=1S/C34H35N7O4/c1-4-41-33(44)29(38-34(45)39-30-19(2)17-35-18-20(30)3)16-28(40-41)22-7-5-6-21(12-22)23-13-24(31(42)36-26-8-9-26)15-25(14-23)32(43)37-27-10-11-27/h5-7,12-18,26-27H,4,8-11H2,1-3H3,(H,36,42)(H,37,43)(H2,35,38,39,45). The van der Waals surface area contributed by atoms with E-state index in [-0.39, 0.29) is 29.6 Å². The Balaban J connectivity index is 1.32. The van der Waals surface area contributed by atoms with Crippen molar-refractivity contribution in [2.24, 2.45) is 0 Å². The molecule has 2 aromatic carbocycles. The van der Waals surface area contributed by atoms with Crippen molar-refractivity contribution < 1.29 is 14.4 Å². The molecule has 0 atom stereocenters. The normalized spacial score (nSPS) is 14.0. The maximum absolute atomic E-state index is 13.1. The Morgan fingerprint density at radius 3 is 1.98 bits per heavy atom. The van der Waals surface area contributed by atoms with E-state index in [0.29, 0.717) is 40.2 Å². The third-order valence-electron chi connectivity index (χ3n) is 7.86. The van der Waals surface area contributed by atoms with Crippen molar-refractivity contribution in [1.82, 2.24) is 25.4 Å². The SMILES string of the molecule is CCn1nc(-c2cccc(-c3cc(C(=O)NC4CC4)cc(C(=O)NC4CC4)c3)c2)cc(NC(=O)Nc2c(C)cncc2C)c1=O. The summed E-state index contributed by atoms with van der Waals surface area (Å²) in [5.74, 6) is -0.419. The highest BCUT2D eigenvalue weighted by Crippen LogP contribution is 2.29. The van der Waals surface area contributed by atoms with Crippen LogP contribution in [0.4, 0.5) is 16.2 Å². The molecule has 0 radical (unpaired) electrons. The second-order valence-corrected chi connectivity index (χ2v) is 11.7. The zero-order chi connectivity index (χ0) is 31.7. The molecule has 0 aliphatic heterocycles. The Morgan fingerprint density at radius 2 is 1.40 bits per heavy atom. The van der Waals surface area contributed by atoms with Gasteiger partial charge in [0.1, 0.15) is 5.69 Å². The molecular weight excluding hydrogens is 570 g/mol. The van der Waals surface area contributed by atoms with Crippen LogP contribution in [0.1, 0.15) is 64.4 Å².